The molecule has 0 aliphatic carbocycles. The number of amides is 1. The van der Waals surface area contributed by atoms with Gasteiger partial charge in [-0.25, -0.2) is 0 Å². The Morgan fingerprint density at radius 3 is 2.45 bits per heavy atom. The van der Waals surface area contributed by atoms with Crippen molar-refractivity contribution in [1.82, 2.24) is 4.90 Å². The minimum Gasteiger partial charge on any atom is -0.488 e. The number of benzene rings is 2. The van der Waals surface area contributed by atoms with Gasteiger partial charge in [-0.05, 0) is 42.7 Å². The van der Waals surface area contributed by atoms with Crippen molar-refractivity contribution < 1.29 is 9.53 Å². The van der Waals surface area contributed by atoms with Crippen molar-refractivity contribution in [1.29, 1.82) is 0 Å². The highest BCUT2D eigenvalue weighted by molar-refractivity contribution is 6.30. The molecule has 3 nitrogen and oxygen atoms in total. The number of para-hydroxylation sites is 1. The second kappa shape index (κ2) is 6.84. The second-order valence-electron chi connectivity index (χ2n) is 5.41. The van der Waals surface area contributed by atoms with Crippen molar-refractivity contribution in [2.24, 2.45) is 0 Å². The van der Waals surface area contributed by atoms with E-state index in [9.17, 15) is 4.79 Å². The molecule has 114 valence electrons. The molecule has 1 amide bonds. The van der Waals surface area contributed by atoms with Gasteiger partial charge in [0.1, 0.15) is 12.4 Å². The molecule has 2 aromatic carbocycles. The van der Waals surface area contributed by atoms with Crippen molar-refractivity contribution in [3.05, 3.63) is 64.7 Å². The molecule has 1 aliphatic heterocycles. The highest BCUT2D eigenvalue weighted by Crippen LogP contribution is 2.23. The fourth-order valence-electron chi connectivity index (χ4n) is 2.60. The van der Waals surface area contributed by atoms with Gasteiger partial charge in [0.15, 0.2) is 0 Å². The lowest BCUT2D eigenvalue weighted by Gasteiger charge is -2.17. The van der Waals surface area contributed by atoms with E-state index in [0.29, 0.717) is 22.9 Å². The molecule has 2 aromatic rings. The highest BCUT2D eigenvalue weighted by atomic mass is 35.5. The van der Waals surface area contributed by atoms with Crippen molar-refractivity contribution in [2.45, 2.75) is 19.4 Å². The molecule has 0 radical (unpaired) electrons. The molecule has 1 fully saturated rings. The van der Waals surface area contributed by atoms with E-state index >= 15 is 0 Å². The van der Waals surface area contributed by atoms with Crippen molar-refractivity contribution >= 4 is 17.5 Å². The molecule has 0 bridgehead atoms. The van der Waals surface area contributed by atoms with Gasteiger partial charge in [-0.2, -0.15) is 0 Å². The van der Waals surface area contributed by atoms with Crippen LogP contribution in [0.3, 0.4) is 0 Å². The SMILES string of the molecule is O=C(c1ccccc1OCc1ccc(Cl)cc1)N1CCCC1. The van der Waals surface area contributed by atoms with Gasteiger partial charge in [0.05, 0.1) is 5.56 Å². The molecule has 0 unspecified atom stereocenters. The van der Waals surface area contributed by atoms with Crippen LogP contribution in [0.2, 0.25) is 5.02 Å². The molecule has 22 heavy (non-hydrogen) atoms. The van der Waals surface area contributed by atoms with Crippen LogP contribution in [0.5, 0.6) is 5.75 Å². The van der Waals surface area contributed by atoms with Crippen LogP contribution in [0.15, 0.2) is 48.5 Å². The Hall–Kier alpha value is -2.00. The maximum Gasteiger partial charge on any atom is 0.257 e. The largest absolute Gasteiger partial charge is 0.488 e. The van der Waals surface area contributed by atoms with Gasteiger partial charge in [-0.15, -0.1) is 0 Å². The maximum atomic E-state index is 12.6. The fraction of sp³-hybridized carbons (Fsp3) is 0.278. The van der Waals surface area contributed by atoms with Crippen molar-refractivity contribution in [3.8, 4) is 5.75 Å². The first kappa shape index (κ1) is 14.9. The Morgan fingerprint density at radius 2 is 1.73 bits per heavy atom. The first-order valence-electron chi connectivity index (χ1n) is 7.49. The van der Waals surface area contributed by atoms with Crippen LogP contribution in [0.25, 0.3) is 0 Å². The van der Waals surface area contributed by atoms with Gasteiger partial charge >= 0.3 is 0 Å². The average molecular weight is 316 g/mol. The molecule has 3 rings (SSSR count). The number of carbonyl (C=O) groups excluding carboxylic acids is 1. The Bertz CT molecular complexity index is 648. The normalized spacial score (nSPS) is 14.1. The Balaban J connectivity index is 1.73. The summed E-state index contributed by atoms with van der Waals surface area (Å²) in [6, 6.07) is 15.0. The average Bonchev–Trinajstić information content (AvgIpc) is 3.08. The van der Waals surface area contributed by atoms with Crippen LogP contribution < -0.4 is 4.74 Å². The highest BCUT2D eigenvalue weighted by Gasteiger charge is 2.22. The molecule has 0 spiro atoms. The van der Waals surface area contributed by atoms with E-state index in [4.69, 9.17) is 16.3 Å². The third-order valence-corrected chi connectivity index (χ3v) is 4.07. The number of hydrogen-bond donors (Lipinski definition) is 0. The number of likely N-dealkylation sites (tertiary alicyclic amines) is 1. The van der Waals surface area contributed by atoms with Crippen LogP contribution in [0, 0.1) is 0 Å². The van der Waals surface area contributed by atoms with E-state index in [1.165, 1.54) is 0 Å². The predicted octanol–water partition coefficient (Wildman–Crippen LogP) is 4.16. The molecule has 0 N–H and O–H groups in total. The first-order valence-corrected chi connectivity index (χ1v) is 7.87. The summed E-state index contributed by atoms with van der Waals surface area (Å²) < 4.78 is 5.85. The minimum atomic E-state index is 0.0595. The quantitative estimate of drug-likeness (QED) is 0.848. The Kier molecular flexibility index (Phi) is 4.64. The summed E-state index contributed by atoms with van der Waals surface area (Å²) in [4.78, 5) is 14.4. The summed E-state index contributed by atoms with van der Waals surface area (Å²) >= 11 is 5.88. The molecule has 4 heteroatoms. The molecule has 1 aliphatic rings. The van der Waals surface area contributed by atoms with Gasteiger partial charge in [0, 0.05) is 18.1 Å². The molecule has 1 saturated heterocycles. The van der Waals surface area contributed by atoms with E-state index in [2.05, 4.69) is 0 Å². The second-order valence-corrected chi connectivity index (χ2v) is 5.85. The third kappa shape index (κ3) is 3.42. The Morgan fingerprint density at radius 1 is 1.05 bits per heavy atom. The lowest BCUT2D eigenvalue weighted by Crippen LogP contribution is -2.28. The summed E-state index contributed by atoms with van der Waals surface area (Å²) in [5.41, 5.74) is 1.66. The number of halogens is 1. The number of rotatable bonds is 4. The van der Waals surface area contributed by atoms with Gasteiger partial charge in [0.2, 0.25) is 0 Å². The molecule has 0 saturated carbocycles. The Labute approximate surface area is 135 Å². The first-order chi connectivity index (χ1) is 10.7. The number of ether oxygens (including phenoxy) is 1. The molecular formula is C18H18ClNO2. The van der Waals surface area contributed by atoms with Crippen molar-refractivity contribution in [3.63, 3.8) is 0 Å². The topological polar surface area (TPSA) is 29.5 Å². The van der Waals surface area contributed by atoms with Crippen LogP contribution in [-0.4, -0.2) is 23.9 Å². The van der Waals surface area contributed by atoms with E-state index in [0.717, 1.165) is 31.5 Å². The lowest BCUT2D eigenvalue weighted by molar-refractivity contribution is 0.0788. The zero-order chi connectivity index (χ0) is 15.4. The molecule has 1 heterocycles. The summed E-state index contributed by atoms with van der Waals surface area (Å²) in [7, 11) is 0. The minimum absolute atomic E-state index is 0.0595. The summed E-state index contributed by atoms with van der Waals surface area (Å²) in [6.45, 7) is 2.09. The number of carbonyl (C=O) groups is 1. The zero-order valence-electron chi connectivity index (χ0n) is 12.3. The summed E-state index contributed by atoms with van der Waals surface area (Å²) in [5.74, 6) is 0.693. The smallest absolute Gasteiger partial charge is 0.257 e. The van der Waals surface area contributed by atoms with Gasteiger partial charge in [-0.1, -0.05) is 35.9 Å². The zero-order valence-corrected chi connectivity index (χ0v) is 13.1. The molecular weight excluding hydrogens is 298 g/mol. The maximum absolute atomic E-state index is 12.6. The van der Waals surface area contributed by atoms with Gasteiger partial charge in [-0.3, -0.25) is 4.79 Å². The lowest BCUT2D eigenvalue weighted by atomic mass is 10.1. The van der Waals surface area contributed by atoms with Crippen LogP contribution in [0.1, 0.15) is 28.8 Å². The van der Waals surface area contributed by atoms with E-state index in [1.54, 1.807) is 0 Å². The number of nitrogens with zero attached hydrogens (tertiary/aromatic N) is 1. The van der Waals surface area contributed by atoms with Crippen molar-refractivity contribution in [2.75, 3.05) is 13.1 Å². The number of hydrogen-bond acceptors (Lipinski definition) is 2. The van der Waals surface area contributed by atoms with Gasteiger partial charge < -0.3 is 9.64 Å². The standard InChI is InChI=1S/C18H18ClNO2/c19-15-9-7-14(8-10-15)13-22-17-6-2-1-5-16(17)18(21)20-11-3-4-12-20/h1-2,5-10H,3-4,11-13H2. The van der Waals surface area contributed by atoms with E-state index in [-0.39, 0.29) is 5.91 Å². The summed E-state index contributed by atoms with van der Waals surface area (Å²) in [6.07, 6.45) is 2.17. The van der Waals surface area contributed by atoms with Gasteiger partial charge in [0.25, 0.3) is 5.91 Å². The summed E-state index contributed by atoms with van der Waals surface area (Å²) in [5, 5.41) is 0.702. The van der Waals surface area contributed by atoms with Crippen LogP contribution in [0.4, 0.5) is 0 Å². The molecule has 0 aromatic heterocycles. The van der Waals surface area contributed by atoms with Crippen LogP contribution >= 0.6 is 11.6 Å². The van der Waals surface area contributed by atoms with E-state index in [1.807, 2.05) is 53.4 Å². The van der Waals surface area contributed by atoms with Crippen LogP contribution in [-0.2, 0) is 6.61 Å². The predicted molar refractivity (Wildman–Crippen MR) is 87.4 cm³/mol. The third-order valence-electron chi connectivity index (χ3n) is 3.82. The fourth-order valence-corrected chi connectivity index (χ4v) is 2.73. The van der Waals surface area contributed by atoms with E-state index < -0.39 is 0 Å². The monoisotopic (exact) mass is 315 g/mol. The molecule has 0 atom stereocenters.